The van der Waals surface area contributed by atoms with E-state index in [4.69, 9.17) is 18.6 Å². The zero-order chi connectivity index (χ0) is 19.9. The van der Waals surface area contributed by atoms with Crippen molar-refractivity contribution >= 4 is 15.9 Å². The zero-order valence-corrected chi connectivity index (χ0v) is 17.7. The van der Waals surface area contributed by atoms with Gasteiger partial charge in [0.15, 0.2) is 11.5 Å². The Labute approximate surface area is 172 Å². The molecule has 0 saturated carbocycles. The molecule has 0 atom stereocenters. The monoisotopic (exact) mass is 452 g/mol. The van der Waals surface area contributed by atoms with Crippen LogP contribution in [0.5, 0.6) is 11.5 Å². The van der Waals surface area contributed by atoms with E-state index in [0.29, 0.717) is 29.4 Å². The largest absolute Gasteiger partial charge is 0.493 e. The van der Waals surface area contributed by atoms with E-state index >= 15 is 0 Å². The number of ether oxygens (including phenoxy) is 3. The Bertz CT molecular complexity index is 849. The van der Waals surface area contributed by atoms with Crippen molar-refractivity contribution in [2.45, 2.75) is 6.54 Å². The van der Waals surface area contributed by atoms with E-state index in [-0.39, 0.29) is 5.63 Å². The summed E-state index contributed by atoms with van der Waals surface area (Å²) in [7, 11) is 3.14. The first kappa shape index (κ1) is 20.9. The van der Waals surface area contributed by atoms with Gasteiger partial charge in [-0.2, -0.15) is 0 Å². The second kappa shape index (κ2) is 10.1. The fourth-order valence-corrected chi connectivity index (χ4v) is 3.57. The zero-order valence-electron chi connectivity index (χ0n) is 16.1. The van der Waals surface area contributed by atoms with Crippen LogP contribution in [0, 0.1) is 0 Å². The Hall–Kier alpha value is -1.87. The Morgan fingerprint density at radius 2 is 1.86 bits per heavy atom. The molecule has 0 bridgehead atoms. The highest BCUT2D eigenvalue weighted by Gasteiger charge is 2.14. The van der Waals surface area contributed by atoms with Crippen LogP contribution < -0.4 is 20.4 Å². The summed E-state index contributed by atoms with van der Waals surface area (Å²) in [4.78, 5) is 14.7. The van der Waals surface area contributed by atoms with E-state index < -0.39 is 0 Å². The third-order valence-corrected chi connectivity index (χ3v) is 5.32. The molecule has 1 aromatic carbocycles. The Balaban J connectivity index is 1.64. The van der Waals surface area contributed by atoms with E-state index in [1.54, 1.807) is 38.5 Å². The highest BCUT2D eigenvalue weighted by molar-refractivity contribution is 9.10. The maximum atomic E-state index is 12.4. The first-order valence-electron chi connectivity index (χ1n) is 9.18. The highest BCUT2D eigenvalue weighted by atomic mass is 79.9. The molecule has 2 aromatic rings. The minimum atomic E-state index is -0.349. The normalized spacial score (nSPS) is 14.8. The highest BCUT2D eigenvalue weighted by Crippen LogP contribution is 2.38. The summed E-state index contributed by atoms with van der Waals surface area (Å²) < 4.78 is 22.3. The van der Waals surface area contributed by atoms with Gasteiger partial charge in [0.05, 0.1) is 33.0 Å². The first-order valence-corrected chi connectivity index (χ1v) is 9.97. The van der Waals surface area contributed by atoms with Crippen LogP contribution in [0.25, 0.3) is 11.3 Å². The van der Waals surface area contributed by atoms with E-state index in [0.717, 1.165) is 49.4 Å². The molecule has 0 unspecified atom stereocenters. The summed E-state index contributed by atoms with van der Waals surface area (Å²) in [6, 6.07) is 7.16. The summed E-state index contributed by atoms with van der Waals surface area (Å²) in [5.74, 6) is 1.63. The second-order valence-corrected chi connectivity index (χ2v) is 7.28. The lowest BCUT2D eigenvalue weighted by atomic mass is 10.1. The van der Waals surface area contributed by atoms with Gasteiger partial charge in [-0.15, -0.1) is 0 Å². The maximum absolute atomic E-state index is 12.4. The van der Waals surface area contributed by atoms with Crippen molar-refractivity contribution in [1.29, 1.82) is 0 Å². The molecule has 1 aliphatic rings. The molecule has 1 aliphatic heterocycles. The molecule has 1 aromatic heterocycles. The summed E-state index contributed by atoms with van der Waals surface area (Å²) in [5, 5.41) is 3.31. The number of hydrogen-bond donors (Lipinski definition) is 1. The Kier molecular flexibility index (Phi) is 7.50. The number of nitrogens with one attached hydrogen (secondary N) is 1. The van der Waals surface area contributed by atoms with E-state index in [9.17, 15) is 4.79 Å². The number of nitrogens with zero attached hydrogens (tertiary/aromatic N) is 1. The predicted octanol–water partition coefficient (Wildman–Crippen LogP) is 2.51. The molecule has 8 heteroatoms. The number of morpholine rings is 1. The van der Waals surface area contributed by atoms with Gasteiger partial charge >= 0.3 is 5.63 Å². The maximum Gasteiger partial charge on any atom is 0.340 e. The second-order valence-electron chi connectivity index (χ2n) is 6.43. The van der Waals surface area contributed by atoms with Gasteiger partial charge in [0.2, 0.25) is 0 Å². The number of halogens is 1. The first-order chi connectivity index (χ1) is 13.6. The van der Waals surface area contributed by atoms with Gasteiger partial charge in [-0.3, -0.25) is 4.90 Å². The van der Waals surface area contributed by atoms with Crippen LogP contribution >= 0.6 is 15.9 Å². The number of methoxy groups -OCH3 is 2. The van der Waals surface area contributed by atoms with Crippen molar-refractivity contribution in [3.63, 3.8) is 0 Å². The fourth-order valence-electron chi connectivity index (χ4n) is 3.05. The average molecular weight is 453 g/mol. The van der Waals surface area contributed by atoms with Gasteiger partial charge in [-0.05, 0) is 40.2 Å². The van der Waals surface area contributed by atoms with Gasteiger partial charge in [-0.25, -0.2) is 4.79 Å². The molecule has 2 heterocycles. The Morgan fingerprint density at radius 1 is 1.14 bits per heavy atom. The van der Waals surface area contributed by atoms with E-state index in [2.05, 4.69) is 26.1 Å². The van der Waals surface area contributed by atoms with Crippen LogP contribution in [0.15, 0.2) is 37.9 Å². The molecule has 152 valence electrons. The molecule has 1 fully saturated rings. The lowest BCUT2D eigenvalue weighted by molar-refractivity contribution is 0.0384. The number of rotatable bonds is 8. The summed E-state index contributed by atoms with van der Waals surface area (Å²) in [5.41, 5.74) is 0.974. The molecule has 0 aliphatic carbocycles. The third-order valence-electron chi connectivity index (χ3n) is 4.66. The van der Waals surface area contributed by atoms with Crippen molar-refractivity contribution in [3.8, 4) is 22.8 Å². The molecular formula is C20H25BrN2O5. The molecule has 1 saturated heterocycles. The van der Waals surface area contributed by atoms with Crippen LogP contribution in [0.2, 0.25) is 0 Å². The summed E-state index contributed by atoms with van der Waals surface area (Å²) >= 11 is 3.50. The van der Waals surface area contributed by atoms with Gasteiger partial charge in [0.25, 0.3) is 0 Å². The quantitative estimate of drug-likeness (QED) is 0.616. The molecule has 0 amide bonds. The van der Waals surface area contributed by atoms with Gasteiger partial charge in [-0.1, -0.05) is 0 Å². The molecule has 0 radical (unpaired) electrons. The van der Waals surface area contributed by atoms with Crippen LogP contribution in [0.3, 0.4) is 0 Å². The molecular weight excluding hydrogens is 428 g/mol. The fraction of sp³-hybridized carbons (Fsp3) is 0.450. The van der Waals surface area contributed by atoms with Crippen molar-refractivity contribution in [1.82, 2.24) is 10.2 Å². The summed E-state index contributed by atoms with van der Waals surface area (Å²) in [6.07, 6.45) is 0. The van der Waals surface area contributed by atoms with Gasteiger partial charge in [0, 0.05) is 42.8 Å². The lowest BCUT2D eigenvalue weighted by Gasteiger charge is -2.26. The number of hydrogen-bond acceptors (Lipinski definition) is 7. The van der Waals surface area contributed by atoms with Crippen molar-refractivity contribution in [2.75, 3.05) is 53.6 Å². The van der Waals surface area contributed by atoms with Crippen LogP contribution in [0.4, 0.5) is 0 Å². The molecule has 28 heavy (non-hydrogen) atoms. The van der Waals surface area contributed by atoms with Crippen LogP contribution in [0.1, 0.15) is 5.56 Å². The van der Waals surface area contributed by atoms with Crippen LogP contribution in [-0.2, 0) is 11.3 Å². The molecule has 0 spiro atoms. The van der Waals surface area contributed by atoms with Crippen molar-refractivity contribution < 1.29 is 18.6 Å². The average Bonchev–Trinajstić information content (AvgIpc) is 2.72. The van der Waals surface area contributed by atoms with Gasteiger partial charge < -0.3 is 23.9 Å². The number of benzene rings is 1. The topological polar surface area (TPSA) is 73.2 Å². The Morgan fingerprint density at radius 3 is 2.54 bits per heavy atom. The predicted molar refractivity (Wildman–Crippen MR) is 110 cm³/mol. The van der Waals surface area contributed by atoms with Crippen LogP contribution in [-0.4, -0.2) is 58.5 Å². The SMILES string of the molecule is COc1cc(Br)c(-c2ccc(CNCCN3CCOCC3)c(=O)o2)cc1OC. The summed E-state index contributed by atoms with van der Waals surface area (Å²) in [6.45, 7) is 5.71. The molecule has 3 rings (SSSR count). The van der Waals surface area contributed by atoms with E-state index in [1.165, 1.54) is 0 Å². The molecule has 7 nitrogen and oxygen atoms in total. The van der Waals surface area contributed by atoms with Crippen molar-refractivity contribution in [3.05, 3.63) is 44.7 Å². The standard InChI is InChI=1S/C20H25BrN2O5/c1-25-18-11-15(16(21)12-19(18)26-2)17-4-3-14(20(24)28-17)13-22-5-6-23-7-9-27-10-8-23/h3-4,11-12,22H,5-10,13H2,1-2H3. The minimum absolute atomic E-state index is 0.349. The third kappa shape index (κ3) is 5.14. The van der Waals surface area contributed by atoms with E-state index in [1.807, 2.05) is 0 Å². The lowest BCUT2D eigenvalue weighted by Crippen LogP contribution is -2.40. The van der Waals surface area contributed by atoms with Gasteiger partial charge in [0.1, 0.15) is 5.76 Å². The molecule has 1 N–H and O–H groups in total. The van der Waals surface area contributed by atoms with Crippen molar-refractivity contribution in [2.24, 2.45) is 0 Å². The minimum Gasteiger partial charge on any atom is -0.493 e. The smallest absolute Gasteiger partial charge is 0.340 e.